The van der Waals surface area contributed by atoms with E-state index in [9.17, 15) is 9.59 Å². The second-order valence-electron chi connectivity index (χ2n) is 4.42. The normalized spacial score (nSPS) is 12.3. The van der Waals surface area contributed by atoms with Crippen molar-refractivity contribution in [2.45, 2.75) is 23.9 Å². The van der Waals surface area contributed by atoms with Crippen molar-refractivity contribution in [3.05, 3.63) is 46.2 Å². The predicted octanol–water partition coefficient (Wildman–Crippen LogP) is 2.20. The van der Waals surface area contributed by atoms with Gasteiger partial charge in [0.2, 0.25) is 5.91 Å². The van der Waals surface area contributed by atoms with Crippen LogP contribution in [0.25, 0.3) is 10.9 Å². The number of fused-ring (bicyclic) bond motifs is 1. The van der Waals surface area contributed by atoms with Crippen LogP contribution in [0.5, 0.6) is 0 Å². The van der Waals surface area contributed by atoms with Crippen LogP contribution in [0.1, 0.15) is 6.92 Å². The standard InChI is InChI=1S/C14H14ClN3O2S/c1-3-6-18-13(20)10-7-9(15)4-5-11(10)17-14(18)21-8(2)12(16)19/h3-5,7-8H,1,6H2,2H3,(H2,16,19). The highest BCUT2D eigenvalue weighted by Crippen LogP contribution is 2.23. The van der Waals surface area contributed by atoms with Gasteiger partial charge in [0.25, 0.3) is 5.56 Å². The Balaban J connectivity index is 2.65. The molecule has 0 aliphatic heterocycles. The molecule has 1 aromatic carbocycles. The molecule has 21 heavy (non-hydrogen) atoms. The van der Waals surface area contributed by atoms with Gasteiger partial charge in [-0.3, -0.25) is 14.2 Å². The van der Waals surface area contributed by atoms with Gasteiger partial charge in [-0.25, -0.2) is 4.98 Å². The van der Waals surface area contributed by atoms with Gasteiger partial charge in [0.05, 0.1) is 16.2 Å². The summed E-state index contributed by atoms with van der Waals surface area (Å²) >= 11 is 7.07. The number of aromatic nitrogens is 2. The Hall–Kier alpha value is -1.79. The summed E-state index contributed by atoms with van der Waals surface area (Å²) in [4.78, 5) is 28.2. The maximum absolute atomic E-state index is 12.5. The van der Waals surface area contributed by atoms with E-state index in [0.717, 1.165) is 11.8 Å². The molecule has 110 valence electrons. The first-order chi connectivity index (χ1) is 9.93. The monoisotopic (exact) mass is 323 g/mol. The fourth-order valence-corrected chi connectivity index (χ4v) is 2.81. The van der Waals surface area contributed by atoms with Crippen LogP contribution in [0.4, 0.5) is 0 Å². The topological polar surface area (TPSA) is 78.0 Å². The van der Waals surface area contributed by atoms with Crippen molar-refractivity contribution in [1.82, 2.24) is 9.55 Å². The zero-order valence-corrected chi connectivity index (χ0v) is 12.9. The molecule has 7 heteroatoms. The van der Waals surface area contributed by atoms with Crippen molar-refractivity contribution in [2.24, 2.45) is 5.73 Å². The Morgan fingerprint density at radius 1 is 1.62 bits per heavy atom. The summed E-state index contributed by atoms with van der Waals surface area (Å²) in [7, 11) is 0. The number of primary amides is 1. The van der Waals surface area contributed by atoms with Gasteiger partial charge < -0.3 is 5.73 Å². The van der Waals surface area contributed by atoms with Crippen LogP contribution in [-0.2, 0) is 11.3 Å². The lowest BCUT2D eigenvalue weighted by atomic mass is 10.2. The summed E-state index contributed by atoms with van der Waals surface area (Å²) in [6.45, 7) is 5.60. The molecule has 0 bridgehead atoms. The van der Waals surface area contributed by atoms with Gasteiger partial charge in [0.15, 0.2) is 5.16 Å². The maximum atomic E-state index is 12.5. The number of benzene rings is 1. The van der Waals surface area contributed by atoms with Crippen molar-refractivity contribution in [3.8, 4) is 0 Å². The zero-order chi connectivity index (χ0) is 15.6. The first kappa shape index (κ1) is 15.6. The number of rotatable bonds is 5. The molecule has 0 saturated carbocycles. The number of hydrogen-bond donors (Lipinski definition) is 1. The Morgan fingerprint density at radius 3 is 2.95 bits per heavy atom. The number of thioether (sulfide) groups is 1. The van der Waals surface area contributed by atoms with Crippen molar-refractivity contribution >= 4 is 40.2 Å². The minimum absolute atomic E-state index is 0.221. The molecule has 1 aromatic heterocycles. The Kier molecular flexibility index (Phi) is 4.69. The lowest BCUT2D eigenvalue weighted by Crippen LogP contribution is -2.27. The number of nitrogens with two attached hydrogens (primary N) is 1. The summed E-state index contributed by atoms with van der Waals surface area (Å²) in [6.07, 6.45) is 1.60. The molecule has 1 amide bonds. The van der Waals surface area contributed by atoms with Crippen LogP contribution in [0.15, 0.2) is 40.8 Å². The first-order valence-corrected chi connectivity index (χ1v) is 7.46. The average molecular weight is 324 g/mol. The van der Waals surface area contributed by atoms with Gasteiger partial charge >= 0.3 is 0 Å². The smallest absolute Gasteiger partial charge is 0.262 e. The van der Waals surface area contributed by atoms with E-state index in [4.69, 9.17) is 17.3 Å². The molecule has 0 fully saturated rings. The first-order valence-electron chi connectivity index (χ1n) is 6.21. The van der Waals surface area contributed by atoms with E-state index in [1.54, 1.807) is 31.2 Å². The van der Waals surface area contributed by atoms with Gasteiger partial charge in [-0.1, -0.05) is 29.4 Å². The van der Waals surface area contributed by atoms with E-state index >= 15 is 0 Å². The molecule has 1 atom stereocenters. The van der Waals surface area contributed by atoms with E-state index in [-0.39, 0.29) is 5.56 Å². The largest absolute Gasteiger partial charge is 0.369 e. The van der Waals surface area contributed by atoms with Crippen molar-refractivity contribution in [2.75, 3.05) is 0 Å². The highest BCUT2D eigenvalue weighted by atomic mass is 35.5. The van der Waals surface area contributed by atoms with Crippen molar-refractivity contribution in [3.63, 3.8) is 0 Å². The molecule has 1 heterocycles. The minimum Gasteiger partial charge on any atom is -0.369 e. The quantitative estimate of drug-likeness (QED) is 0.520. The molecular formula is C14H14ClN3O2S. The fourth-order valence-electron chi connectivity index (χ4n) is 1.77. The van der Waals surface area contributed by atoms with Crippen LogP contribution < -0.4 is 11.3 Å². The molecule has 5 nitrogen and oxygen atoms in total. The van der Waals surface area contributed by atoms with Crippen molar-refractivity contribution in [1.29, 1.82) is 0 Å². The highest BCUT2D eigenvalue weighted by molar-refractivity contribution is 8.00. The van der Waals surface area contributed by atoms with Gasteiger partial charge in [-0.05, 0) is 25.1 Å². The van der Waals surface area contributed by atoms with E-state index in [0.29, 0.717) is 27.6 Å². The third-order valence-corrected chi connectivity index (χ3v) is 4.22. The van der Waals surface area contributed by atoms with Crippen LogP contribution >= 0.6 is 23.4 Å². The maximum Gasteiger partial charge on any atom is 0.262 e. The third-order valence-electron chi connectivity index (χ3n) is 2.88. The zero-order valence-electron chi connectivity index (χ0n) is 11.4. The summed E-state index contributed by atoms with van der Waals surface area (Å²) in [5.41, 5.74) is 5.58. The molecule has 0 aliphatic rings. The number of carbonyl (C=O) groups excluding carboxylic acids is 1. The van der Waals surface area contributed by atoms with Gasteiger partial charge in [-0.15, -0.1) is 6.58 Å². The lowest BCUT2D eigenvalue weighted by molar-refractivity contribution is -0.117. The summed E-state index contributed by atoms with van der Waals surface area (Å²) < 4.78 is 1.45. The molecule has 2 rings (SSSR count). The van der Waals surface area contributed by atoms with Gasteiger partial charge in [-0.2, -0.15) is 0 Å². The number of carbonyl (C=O) groups is 1. The number of nitrogens with zero attached hydrogens (tertiary/aromatic N) is 2. The molecule has 0 radical (unpaired) electrons. The average Bonchev–Trinajstić information content (AvgIpc) is 2.43. The summed E-state index contributed by atoms with van der Waals surface area (Å²) in [5.74, 6) is -0.462. The van der Waals surface area contributed by atoms with Crippen LogP contribution in [-0.4, -0.2) is 20.7 Å². The SMILES string of the molecule is C=CCn1c(SC(C)C(N)=O)nc2ccc(Cl)cc2c1=O. The van der Waals surface area contributed by atoms with E-state index < -0.39 is 11.2 Å². The molecular weight excluding hydrogens is 310 g/mol. The molecule has 2 aromatic rings. The lowest BCUT2D eigenvalue weighted by Gasteiger charge is -2.13. The second-order valence-corrected chi connectivity index (χ2v) is 6.17. The molecule has 0 saturated heterocycles. The Labute approximate surface area is 130 Å². The van der Waals surface area contributed by atoms with E-state index in [1.807, 2.05) is 0 Å². The minimum atomic E-state index is -0.488. The van der Waals surface area contributed by atoms with Crippen LogP contribution in [0, 0.1) is 0 Å². The van der Waals surface area contributed by atoms with Crippen LogP contribution in [0.2, 0.25) is 5.02 Å². The highest BCUT2D eigenvalue weighted by Gasteiger charge is 2.17. The summed E-state index contributed by atoms with van der Waals surface area (Å²) in [6, 6.07) is 4.92. The Bertz CT molecular complexity index is 773. The molecule has 0 spiro atoms. The van der Waals surface area contributed by atoms with Gasteiger partial charge in [0.1, 0.15) is 0 Å². The number of halogens is 1. The van der Waals surface area contributed by atoms with Crippen molar-refractivity contribution < 1.29 is 4.79 Å². The third kappa shape index (κ3) is 3.28. The summed E-state index contributed by atoms with van der Waals surface area (Å²) in [5, 5.41) is 0.844. The van der Waals surface area contributed by atoms with Crippen LogP contribution in [0.3, 0.4) is 0 Å². The van der Waals surface area contributed by atoms with E-state index in [1.165, 1.54) is 4.57 Å². The Morgan fingerprint density at radius 2 is 2.33 bits per heavy atom. The second kappa shape index (κ2) is 6.32. The number of hydrogen-bond acceptors (Lipinski definition) is 4. The number of amides is 1. The van der Waals surface area contributed by atoms with E-state index in [2.05, 4.69) is 11.6 Å². The molecule has 0 aliphatic carbocycles. The molecule has 2 N–H and O–H groups in total. The predicted molar refractivity (Wildman–Crippen MR) is 85.7 cm³/mol. The van der Waals surface area contributed by atoms with Gasteiger partial charge in [0, 0.05) is 11.6 Å². The number of allylic oxidation sites excluding steroid dienone is 1. The molecule has 1 unspecified atom stereocenters. The fraction of sp³-hybridized carbons (Fsp3) is 0.214.